The number of aliphatic carboxylic acids is 1. The number of aromatic nitrogens is 3. The smallest absolute Gasteiger partial charge is 0.308 e. The number of anilines is 1. The van der Waals surface area contributed by atoms with Crippen LogP contribution in [0.25, 0.3) is 28.0 Å². The van der Waals surface area contributed by atoms with Crippen LogP contribution in [0.5, 0.6) is 0 Å². The van der Waals surface area contributed by atoms with Gasteiger partial charge in [-0.1, -0.05) is 6.07 Å². The maximum Gasteiger partial charge on any atom is 0.308 e. The number of carboxylic acid groups (broad SMARTS) is 1. The molecule has 10 heteroatoms. The number of carbonyl (C=O) groups is 2. The second kappa shape index (κ2) is 10.4. The van der Waals surface area contributed by atoms with E-state index in [9.17, 15) is 14.7 Å². The Morgan fingerprint density at radius 1 is 1.10 bits per heavy atom. The molecule has 1 aromatic carbocycles. The first-order valence-electron chi connectivity index (χ1n) is 14.0. The van der Waals surface area contributed by atoms with E-state index >= 15 is 4.39 Å². The molecule has 4 aromatic heterocycles. The van der Waals surface area contributed by atoms with Gasteiger partial charge in [0.1, 0.15) is 11.5 Å². The van der Waals surface area contributed by atoms with Crippen LogP contribution in [0.3, 0.4) is 0 Å². The Kier molecular flexibility index (Phi) is 6.50. The van der Waals surface area contributed by atoms with Crippen molar-refractivity contribution in [3.8, 4) is 22.4 Å². The van der Waals surface area contributed by atoms with Crippen molar-refractivity contribution in [3.05, 3.63) is 94.5 Å². The van der Waals surface area contributed by atoms with Gasteiger partial charge in [-0.2, -0.15) is 0 Å². The molecule has 0 unspecified atom stereocenters. The number of nitrogens with zero attached hydrogens (tertiary/aromatic N) is 5. The van der Waals surface area contributed by atoms with E-state index in [1.54, 1.807) is 52.7 Å². The van der Waals surface area contributed by atoms with Gasteiger partial charge in [-0.3, -0.25) is 14.6 Å². The molecule has 0 spiro atoms. The highest BCUT2D eigenvalue weighted by Crippen LogP contribution is 2.36. The summed E-state index contributed by atoms with van der Waals surface area (Å²) in [5.74, 6) is -1.79. The summed E-state index contributed by atoms with van der Waals surface area (Å²) >= 11 is 1.74. The first kappa shape index (κ1) is 26.3. The summed E-state index contributed by atoms with van der Waals surface area (Å²) in [6.07, 6.45) is 8.31. The summed E-state index contributed by atoms with van der Waals surface area (Å²) < 4.78 is 17.3. The molecule has 0 saturated carbocycles. The van der Waals surface area contributed by atoms with Gasteiger partial charge in [-0.05, 0) is 67.1 Å². The molecule has 2 atom stereocenters. The van der Waals surface area contributed by atoms with E-state index in [4.69, 9.17) is 4.98 Å². The van der Waals surface area contributed by atoms with Gasteiger partial charge in [0.05, 0.1) is 23.2 Å². The van der Waals surface area contributed by atoms with Crippen molar-refractivity contribution in [1.82, 2.24) is 19.3 Å². The van der Waals surface area contributed by atoms with Crippen LogP contribution in [-0.4, -0.2) is 55.9 Å². The zero-order chi connectivity index (χ0) is 29.0. The third-order valence-electron chi connectivity index (χ3n) is 8.44. The van der Waals surface area contributed by atoms with Gasteiger partial charge in [-0.15, -0.1) is 11.3 Å². The van der Waals surface area contributed by atoms with E-state index in [1.807, 2.05) is 28.0 Å². The van der Waals surface area contributed by atoms with Crippen molar-refractivity contribution in [1.29, 1.82) is 0 Å². The Balaban J connectivity index is 1.27. The molecule has 0 bridgehead atoms. The molecular weight excluding hydrogens is 553 g/mol. The summed E-state index contributed by atoms with van der Waals surface area (Å²) in [7, 11) is 0. The zero-order valence-electron chi connectivity index (χ0n) is 22.9. The van der Waals surface area contributed by atoms with Crippen LogP contribution in [0.4, 0.5) is 10.1 Å². The predicted octanol–water partition coefficient (Wildman–Crippen LogP) is 5.93. The van der Waals surface area contributed by atoms with Gasteiger partial charge >= 0.3 is 5.97 Å². The maximum atomic E-state index is 15.5. The van der Waals surface area contributed by atoms with Gasteiger partial charge in [0.15, 0.2) is 0 Å². The Hall–Kier alpha value is -4.57. The number of amides is 1. The second-order valence-electron chi connectivity index (χ2n) is 10.9. The standard InChI is InChI=1S/C32H28FN5O3S/c1-19-24-8-12-42-29(24)7-11-38(19)31(39)22-13-26(20-3-2-9-34-15-20)30-35-28(18-37(30)17-22)25-5-4-23(14-27(25)33)36-10-6-21(16-36)32(40)41/h2-5,8-9,12-15,17-19,21H,6-7,10-11,16H2,1H3,(H,40,41)/t19-,21+/m1/s1. The molecule has 212 valence electrons. The summed E-state index contributed by atoms with van der Waals surface area (Å²) in [6.45, 7) is 3.63. The Morgan fingerprint density at radius 3 is 2.74 bits per heavy atom. The zero-order valence-corrected chi connectivity index (χ0v) is 23.7. The van der Waals surface area contributed by atoms with Crippen LogP contribution < -0.4 is 4.90 Å². The Labute approximate surface area is 245 Å². The third kappa shape index (κ3) is 4.52. The summed E-state index contributed by atoms with van der Waals surface area (Å²) in [5.41, 5.74) is 5.27. The number of pyridine rings is 2. The second-order valence-corrected chi connectivity index (χ2v) is 11.9. The van der Waals surface area contributed by atoms with Crippen molar-refractivity contribution in [2.45, 2.75) is 25.8 Å². The fourth-order valence-corrected chi connectivity index (χ4v) is 7.10. The number of halogens is 1. The van der Waals surface area contributed by atoms with Crippen molar-refractivity contribution in [2.24, 2.45) is 5.92 Å². The summed E-state index contributed by atoms with van der Waals surface area (Å²) in [4.78, 5) is 39.5. The molecule has 2 aliphatic rings. The summed E-state index contributed by atoms with van der Waals surface area (Å²) in [6, 6.07) is 12.6. The molecule has 42 heavy (non-hydrogen) atoms. The number of thiophene rings is 1. The Bertz CT molecular complexity index is 1830. The van der Waals surface area contributed by atoms with Crippen LogP contribution in [-0.2, 0) is 11.2 Å². The van der Waals surface area contributed by atoms with Crippen LogP contribution in [0, 0.1) is 11.7 Å². The molecular formula is C32H28FN5O3S. The van der Waals surface area contributed by atoms with E-state index in [1.165, 1.54) is 16.5 Å². The number of carboxylic acids is 1. The number of hydrogen-bond donors (Lipinski definition) is 1. The number of fused-ring (bicyclic) bond motifs is 2. The number of hydrogen-bond acceptors (Lipinski definition) is 6. The van der Waals surface area contributed by atoms with Gasteiger partial charge in [0.2, 0.25) is 0 Å². The van der Waals surface area contributed by atoms with Crippen LogP contribution in [0.15, 0.2) is 72.6 Å². The van der Waals surface area contributed by atoms with Crippen molar-refractivity contribution in [3.63, 3.8) is 0 Å². The molecule has 1 N–H and O–H groups in total. The fraction of sp³-hybridized carbons (Fsp3) is 0.250. The molecule has 0 aliphatic carbocycles. The topological polar surface area (TPSA) is 91.0 Å². The number of rotatable bonds is 5. The molecule has 8 nitrogen and oxygen atoms in total. The van der Waals surface area contributed by atoms with E-state index in [0.29, 0.717) is 54.2 Å². The lowest BCUT2D eigenvalue weighted by Gasteiger charge is -2.33. The van der Waals surface area contributed by atoms with E-state index < -0.39 is 17.7 Å². The van der Waals surface area contributed by atoms with E-state index in [2.05, 4.69) is 23.4 Å². The number of benzene rings is 1. The highest BCUT2D eigenvalue weighted by molar-refractivity contribution is 7.10. The monoisotopic (exact) mass is 581 g/mol. The molecule has 6 heterocycles. The quantitative estimate of drug-likeness (QED) is 0.277. The normalized spacial score (nSPS) is 18.4. The maximum absolute atomic E-state index is 15.5. The van der Waals surface area contributed by atoms with Gasteiger partial charge in [-0.25, -0.2) is 9.37 Å². The van der Waals surface area contributed by atoms with Crippen LogP contribution >= 0.6 is 11.3 Å². The average Bonchev–Trinajstić information content (AvgIpc) is 3.77. The molecule has 7 rings (SSSR count). The van der Waals surface area contributed by atoms with E-state index in [0.717, 1.165) is 17.5 Å². The van der Waals surface area contributed by atoms with Gasteiger partial charge < -0.3 is 19.3 Å². The minimum Gasteiger partial charge on any atom is -0.481 e. The SMILES string of the molecule is C[C@@H]1c2ccsc2CCN1C(=O)c1cc(-c2cccnc2)c2nc(-c3ccc(N4CC[C@H](C(=O)O)C4)cc3F)cn2c1. The largest absolute Gasteiger partial charge is 0.481 e. The van der Waals surface area contributed by atoms with Crippen LogP contribution in [0.2, 0.25) is 0 Å². The summed E-state index contributed by atoms with van der Waals surface area (Å²) in [5, 5.41) is 11.4. The van der Waals surface area contributed by atoms with Crippen molar-refractivity contribution >= 4 is 34.5 Å². The molecule has 2 aliphatic heterocycles. The molecule has 1 saturated heterocycles. The minimum atomic E-state index is -0.826. The lowest BCUT2D eigenvalue weighted by molar-refractivity contribution is -0.140. The number of imidazole rings is 1. The van der Waals surface area contributed by atoms with Gasteiger partial charge in [0.25, 0.3) is 5.91 Å². The first-order valence-corrected chi connectivity index (χ1v) is 14.8. The molecule has 1 fully saturated rings. The predicted molar refractivity (Wildman–Crippen MR) is 159 cm³/mol. The van der Waals surface area contributed by atoms with Crippen molar-refractivity contribution in [2.75, 3.05) is 24.5 Å². The lowest BCUT2D eigenvalue weighted by Crippen LogP contribution is -2.38. The average molecular weight is 582 g/mol. The fourth-order valence-electron chi connectivity index (χ4n) is 6.14. The first-order chi connectivity index (χ1) is 20.4. The Morgan fingerprint density at radius 2 is 1.98 bits per heavy atom. The molecule has 5 aromatic rings. The highest BCUT2D eigenvalue weighted by atomic mass is 32.1. The van der Waals surface area contributed by atoms with Crippen molar-refractivity contribution < 1.29 is 19.1 Å². The lowest BCUT2D eigenvalue weighted by atomic mass is 10.00. The van der Waals surface area contributed by atoms with E-state index in [-0.39, 0.29) is 11.9 Å². The third-order valence-corrected chi connectivity index (χ3v) is 9.44. The highest BCUT2D eigenvalue weighted by Gasteiger charge is 2.31. The minimum absolute atomic E-state index is 0.0302. The molecule has 0 radical (unpaired) electrons. The van der Waals surface area contributed by atoms with Gasteiger partial charge in [0, 0.05) is 71.7 Å². The number of carbonyl (C=O) groups excluding carboxylic acids is 1. The van der Waals surface area contributed by atoms with Crippen LogP contribution in [0.1, 0.15) is 40.2 Å². The molecule has 1 amide bonds.